The zero-order valence-electron chi connectivity index (χ0n) is 17.1. The Morgan fingerprint density at radius 3 is 2.81 bits per heavy atom. The number of rotatable bonds is 6. The highest BCUT2D eigenvalue weighted by molar-refractivity contribution is 5.96. The van der Waals surface area contributed by atoms with Crippen molar-refractivity contribution in [2.75, 3.05) is 13.1 Å². The van der Waals surface area contributed by atoms with Crippen molar-refractivity contribution in [2.45, 2.75) is 32.0 Å². The first-order chi connectivity index (χ1) is 15.2. The number of nitrogens with one attached hydrogen (secondary N) is 1. The number of furan rings is 1. The van der Waals surface area contributed by atoms with Crippen LogP contribution in [-0.4, -0.2) is 49.5 Å². The van der Waals surface area contributed by atoms with Crippen LogP contribution in [0.5, 0.6) is 0 Å². The molecule has 1 fully saturated rings. The van der Waals surface area contributed by atoms with Crippen molar-refractivity contribution in [3.8, 4) is 0 Å². The van der Waals surface area contributed by atoms with Crippen molar-refractivity contribution in [1.82, 2.24) is 29.7 Å². The van der Waals surface area contributed by atoms with Crippen LogP contribution in [0, 0.1) is 0 Å². The number of amides is 1. The van der Waals surface area contributed by atoms with E-state index in [1.165, 1.54) is 0 Å². The number of aromatic nitrogens is 4. The van der Waals surface area contributed by atoms with Crippen LogP contribution in [0.4, 0.5) is 0 Å². The summed E-state index contributed by atoms with van der Waals surface area (Å²) in [6.45, 7) is 3.32. The monoisotopic (exact) mass is 416 g/mol. The van der Waals surface area contributed by atoms with Crippen molar-refractivity contribution in [3.05, 3.63) is 78.4 Å². The van der Waals surface area contributed by atoms with Crippen molar-refractivity contribution < 1.29 is 9.21 Å². The molecule has 4 aromatic heterocycles. The zero-order chi connectivity index (χ0) is 21.0. The third-order valence-electron chi connectivity index (χ3n) is 5.68. The van der Waals surface area contributed by atoms with Crippen LogP contribution in [0.1, 0.15) is 34.5 Å². The van der Waals surface area contributed by atoms with Gasteiger partial charge >= 0.3 is 0 Å². The quantitative estimate of drug-likeness (QED) is 0.520. The summed E-state index contributed by atoms with van der Waals surface area (Å²) in [5.74, 6) is 0.880. The minimum Gasteiger partial charge on any atom is -0.468 e. The van der Waals surface area contributed by atoms with E-state index >= 15 is 0 Å². The molecule has 0 aromatic carbocycles. The van der Waals surface area contributed by atoms with Crippen LogP contribution >= 0.6 is 0 Å². The molecule has 8 nitrogen and oxygen atoms in total. The van der Waals surface area contributed by atoms with Gasteiger partial charge in [-0.15, -0.1) is 0 Å². The molecule has 1 saturated heterocycles. The average Bonchev–Trinajstić information content (AvgIpc) is 3.46. The van der Waals surface area contributed by atoms with Crippen LogP contribution in [-0.2, 0) is 13.1 Å². The van der Waals surface area contributed by atoms with Crippen LogP contribution in [0.2, 0.25) is 0 Å². The molecule has 0 radical (unpaired) electrons. The Kier molecular flexibility index (Phi) is 5.45. The maximum Gasteiger partial charge on any atom is 0.253 e. The molecule has 5 rings (SSSR count). The lowest BCUT2D eigenvalue weighted by Gasteiger charge is -2.31. The van der Waals surface area contributed by atoms with Gasteiger partial charge in [-0.05, 0) is 42.7 Å². The van der Waals surface area contributed by atoms with Crippen LogP contribution < -0.4 is 5.32 Å². The molecule has 0 saturated carbocycles. The van der Waals surface area contributed by atoms with E-state index in [2.05, 4.69) is 25.2 Å². The first-order valence-corrected chi connectivity index (χ1v) is 10.5. The summed E-state index contributed by atoms with van der Waals surface area (Å²) >= 11 is 0. The third kappa shape index (κ3) is 4.49. The zero-order valence-corrected chi connectivity index (χ0v) is 17.1. The Bertz CT molecular complexity index is 1150. The minimum atomic E-state index is -0.0966. The molecule has 5 heterocycles. The summed E-state index contributed by atoms with van der Waals surface area (Å²) in [6, 6.07) is 9.80. The summed E-state index contributed by atoms with van der Waals surface area (Å²) in [6.07, 6.45) is 10.5. The molecular weight excluding hydrogens is 392 g/mol. The van der Waals surface area contributed by atoms with Crippen molar-refractivity contribution >= 4 is 17.1 Å². The van der Waals surface area contributed by atoms with Gasteiger partial charge in [-0.1, -0.05) is 6.07 Å². The lowest BCUT2D eigenvalue weighted by molar-refractivity contribution is 0.0906. The number of carbonyl (C=O) groups is 1. The Balaban J connectivity index is 1.19. The van der Waals surface area contributed by atoms with Crippen molar-refractivity contribution in [3.63, 3.8) is 0 Å². The van der Waals surface area contributed by atoms with E-state index < -0.39 is 0 Å². The van der Waals surface area contributed by atoms with Gasteiger partial charge in [0.2, 0.25) is 0 Å². The molecule has 8 heteroatoms. The predicted molar refractivity (Wildman–Crippen MR) is 115 cm³/mol. The first kappa shape index (κ1) is 19.4. The van der Waals surface area contributed by atoms with Gasteiger partial charge in [0.05, 0.1) is 31.2 Å². The number of fused-ring (bicyclic) bond motifs is 1. The molecule has 0 atom stereocenters. The van der Waals surface area contributed by atoms with Crippen LogP contribution in [0.25, 0.3) is 11.2 Å². The number of hydrogen-bond acceptors (Lipinski definition) is 6. The standard InChI is InChI=1S/C23H24N6O2/c30-23(27-19-5-8-28(9-6-19)15-20-4-2-10-31-20)18-11-21-22(25-13-18)29(16-26-21)14-17-3-1-7-24-12-17/h1-4,7,10-13,16,19H,5-6,8-9,14-15H2,(H,27,30). The van der Waals surface area contributed by atoms with E-state index in [9.17, 15) is 4.79 Å². The Hall–Kier alpha value is -3.52. The van der Waals surface area contributed by atoms with Crippen molar-refractivity contribution in [2.24, 2.45) is 0 Å². The Morgan fingerprint density at radius 1 is 1.13 bits per heavy atom. The van der Waals surface area contributed by atoms with Gasteiger partial charge in [-0.25, -0.2) is 9.97 Å². The van der Waals surface area contributed by atoms with Gasteiger partial charge in [0.1, 0.15) is 11.3 Å². The highest BCUT2D eigenvalue weighted by Crippen LogP contribution is 2.17. The number of likely N-dealkylation sites (tertiary alicyclic amines) is 1. The molecule has 31 heavy (non-hydrogen) atoms. The van der Waals surface area contributed by atoms with E-state index in [0.717, 1.165) is 49.4 Å². The van der Waals surface area contributed by atoms with Crippen molar-refractivity contribution in [1.29, 1.82) is 0 Å². The van der Waals surface area contributed by atoms with E-state index in [4.69, 9.17) is 4.42 Å². The molecule has 1 aliphatic rings. The third-order valence-corrected chi connectivity index (χ3v) is 5.68. The molecular formula is C23H24N6O2. The Morgan fingerprint density at radius 2 is 2.03 bits per heavy atom. The van der Waals surface area contributed by atoms with Gasteiger partial charge < -0.3 is 14.3 Å². The van der Waals surface area contributed by atoms with E-state index in [1.807, 2.05) is 41.1 Å². The highest BCUT2D eigenvalue weighted by Gasteiger charge is 2.22. The van der Waals surface area contributed by atoms with E-state index in [-0.39, 0.29) is 11.9 Å². The molecule has 1 amide bonds. The molecule has 4 aromatic rings. The van der Waals surface area contributed by atoms with E-state index in [1.54, 1.807) is 25.0 Å². The number of imidazole rings is 1. The largest absolute Gasteiger partial charge is 0.468 e. The highest BCUT2D eigenvalue weighted by atomic mass is 16.3. The SMILES string of the molecule is O=C(NC1CCN(Cc2ccco2)CC1)c1cnc2c(c1)ncn2Cc1cccnc1. The number of piperidine rings is 1. The fourth-order valence-corrected chi connectivity index (χ4v) is 4.00. The topological polar surface area (TPSA) is 89.1 Å². The second-order valence-corrected chi connectivity index (χ2v) is 7.90. The van der Waals surface area contributed by atoms with Gasteiger partial charge in [0, 0.05) is 37.7 Å². The summed E-state index contributed by atoms with van der Waals surface area (Å²) in [4.78, 5) is 28.2. The summed E-state index contributed by atoms with van der Waals surface area (Å²) < 4.78 is 7.39. The van der Waals surface area contributed by atoms with Crippen LogP contribution in [0.15, 0.2) is 65.9 Å². The number of nitrogens with zero attached hydrogens (tertiary/aromatic N) is 5. The molecule has 0 unspecified atom stereocenters. The maximum absolute atomic E-state index is 12.8. The lowest BCUT2D eigenvalue weighted by atomic mass is 10.0. The molecule has 0 spiro atoms. The van der Waals surface area contributed by atoms with Gasteiger partial charge in [-0.3, -0.25) is 14.7 Å². The fourth-order valence-electron chi connectivity index (χ4n) is 4.00. The van der Waals surface area contributed by atoms with Crippen LogP contribution in [0.3, 0.4) is 0 Å². The number of hydrogen-bond donors (Lipinski definition) is 1. The molecule has 1 aliphatic heterocycles. The normalized spacial score (nSPS) is 15.4. The van der Waals surface area contributed by atoms with E-state index in [0.29, 0.717) is 17.6 Å². The number of carbonyl (C=O) groups excluding carboxylic acids is 1. The smallest absolute Gasteiger partial charge is 0.253 e. The summed E-state index contributed by atoms with van der Waals surface area (Å²) in [5, 5.41) is 3.15. The molecule has 158 valence electrons. The lowest BCUT2D eigenvalue weighted by Crippen LogP contribution is -2.44. The second kappa shape index (κ2) is 8.69. The summed E-state index contributed by atoms with van der Waals surface area (Å²) in [5.41, 5.74) is 3.08. The average molecular weight is 416 g/mol. The van der Waals surface area contributed by atoms with Gasteiger partial charge in [-0.2, -0.15) is 0 Å². The minimum absolute atomic E-state index is 0.0966. The molecule has 0 aliphatic carbocycles. The second-order valence-electron chi connectivity index (χ2n) is 7.90. The fraction of sp³-hybridized carbons (Fsp3) is 0.304. The first-order valence-electron chi connectivity index (χ1n) is 10.5. The summed E-state index contributed by atoms with van der Waals surface area (Å²) in [7, 11) is 0. The van der Waals surface area contributed by atoms with Gasteiger partial charge in [0.25, 0.3) is 5.91 Å². The van der Waals surface area contributed by atoms with Gasteiger partial charge in [0.15, 0.2) is 5.65 Å². The Labute approximate surface area is 179 Å². The molecule has 1 N–H and O–H groups in total. The number of pyridine rings is 2. The predicted octanol–water partition coefficient (Wildman–Crippen LogP) is 2.86. The molecule has 0 bridgehead atoms. The maximum atomic E-state index is 12.8.